The van der Waals surface area contributed by atoms with Gasteiger partial charge in [-0.1, -0.05) is 12.1 Å². The molecular formula is C18H19FN4O4S. The lowest BCUT2D eigenvalue weighted by Crippen LogP contribution is -2.35. The third kappa shape index (κ3) is 5.74. The standard InChI is InChI=1S/C18H19FN4O4S/c19-12-3-1-2-11(8-12)9-21-17(26)23-18-22-13(10-28-18)6-7-20-16(25)14-4-5-15(24)27-14/h1-3,8,10,14H,4-7,9H2,(H,20,25)(H2,21,22,23,26). The van der Waals surface area contributed by atoms with E-state index < -0.39 is 12.1 Å². The first-order valence-electron chi connectivity index (χ1n) is 8.70. The second-order valence-electron chi connectivity index (χ2n) is 6.14. The van der Waals surface area contributed by atoms with E-state index in [1.54, 1.807) is 17.5 Å². The Morgan fingerprint density at radius 2 is 2.18 bits per heavy atom. The van der Waals surface area contributed by atoms with Gasteiger partial charge in [0.15, 0.2) is 11.2 Å². The SMILES string of the molecule is O=C(NCc1cccc(F)c1)Nc1nc(CCNC(=O)C2CCC(=O)O2)cs1. The first-order valence-corrected chi connectivity index (χ1v) is 9.58. The number of thiazole rings is 1. The molecule has 8 nitrogen and oxygen atoms in total. The number of ether oxygens (including phenoxy) is 1. The van der Waals surface area contributed by atoms with Crippen molar-refractivity contribution in [1.29, 1.82) is 0 Å². The highest BCUT2D eigenvalue weighted by atomic mass is 32.1. The summed E-state index contributed by atoms with van der Waals surface area (Å²) in [6.07, 6.45) is 0.442. The van der Waals surface area contributed by atoms with Crippen LogP contribution in [0.3, 0.4) is 0 Å². The van der Waals surface area contributed by atoms with Gasteiger partial charge in [-0.25, -0.2) is 14.2 Å². The highest BCUT2D eigenvalue weighted by molar-refractivity contribution is 7.13. The van der Waals surface area contributed by atoms with Crippen molar-refractivity contribution in [3.05, 3.63) is 46.7 Å². The van der Waals surface area contributed by atoms with Crippen LogP contribution in [0.5, 0.6) is 0 Å². The van der Waals surface area contributed by atoms with Crippen LogP contribution in [0.1, 0.15) is 24.1 Å². The monoisotopic (exact) mass is 406 g/mol. The molecule has 1 fully saturated rings. The molecule has 0 radical (unpaired) electrons. The average molecular weight is 406 g/mol. The Balaban J connectivity index is 1.38. The summed E-state index contributed by atoms with van der Waals surface area (Å²) < 4.78 is 18.0. The third-order valence-corrected chi connectivity index (χ3v) is 4.78. The maximum absolute atomic E-state index is 13.1. The molecule has 2 heterocycles. The molecule has 1 unspecified atom stereocenters. The first kappa shape index (κ1) is 19.7. The van der Waals surface area contributed by atoms with Gasteiger partial charge in [-0.15, -0.1) is 11.3 Å². The lowest BCUT2D eigenvalue weighted by molar-refractivity contribution is -0.148. The molecule has 0 spiro atoms. The molecule has 148 valence electrons. The van der Waals surface area contributed by atoms with Crippen molar-refractivity contribution in [2.45, 2.75) is 31.9 Å². The largest absolute Gasteiger partial charge is 0.452 e. The Bertz CT molecular complexity index is 873. The predicted molar refractivity (Wildman–Crippen MR) is 100 cm³/mol. The summed E-state index contributed by atoms with van der Waals surface area (Å²) in [5, 5.41) is 10.1. The summed E-state index contributed by atoms with van der Waals surface area (Å²) in [5.74, 6) is -1.02. The first-order chi connectivity index (χ1) is 13.5. The van der Waals surface area contributed by atoms with Crippen molar-refractivity contribution in [3.8, 4) is 0 Å². The van der Waals surface area contributed by atoms with Crippen molar-refractivity contribution in [1.82, 2.24) is 15.6 Å². The summed E-state index contributed by atoms with van der Waals surface area (Å²) >= 11 is 1.26. The van der Waals surface area contributed by atoms with Gasteiger partial charge in [0, 0.05) is 37.7 Å². The topological polar surface area (TPSA) is 109 Å². The average Bonchev–Trinajstić information content (AvgIpc) is 3.29. The van der Waals surface area contributed by atoms with Gasteiger partial charge in [0.05, 0.1) is 5.69 Å². The minimum Gasteiger partial charge on any atom is -0.452 e. The lowest BCUT2D eigenvalue weighted by atomic mass is 10.2. The zero-order valence-corrected chi connectivity index (χ0v) is 15.7. The molecule has 1 saturated heterocycles. The fourth-order valence-corrected chi connectivity index (χ4v) is 3.33. The molecule has 10 heteroatoms. The van der Waals surface area contributed by atoms with Crippen LogP contribution in [-0.4, -0.2) is 35.5 Å². The molecule has 1 atom stereocenters. The van der Waals surface area contributed by atoms with Gasteiger partial charge in [0.1, 0.15) is 5.82 Å². The molecule has 3 amide bonds. The van der Waals surface area contributed by atoms with Crippen LogP contribution in [0.25, 0.3) is 0 Å². The number of anilines is 1. The van der Waals surface area contributed by atoms with Crippen molar-refractivity contribution in [2.24, 2.45) is 0 Å². The van der Waals surface area contributed by atoms with Crippen LogP contribution in [0.2, 0.25) is 0 Å². The second kappa shape index (κ2) is 9.27. The van der Waals surface area contributed by atoms with Gasteiger partial charge in [-0.2, -0.15) is 0 Å². The second-order valence-corrected chi connectivity index (χ2v) is 7.00. The number of nitrogens with one attached hydrogen (secondary N) is 3. The van der Waals surface area contributed by atoms with E-state index in [-0.39, 0.29) is 30.7 Å². The maximum atomic E-state index is 13.1. The third-order valence-electron chi connectivity index (χ3n) is 3.97. The molecule has 0 saturated carbocycles. The Morgan fingerprint density at radius 1 is 1.32 bits per heavy atom. The molecule has 2 aromatic rings. The van der Waals surface area contributed by atoms with E-state index in [2.05, 4.69) is 20.9 Å². The molecule has 3 rings (SSSR count). The molecule has 1 aliphatic rings. The van der Waals surface area contributed by atoms with Crippen LogP contribution in [0.4, 0.5) is 14.3 Å². The van der Waals surface area contributed by atoms with E-state index in [9.17, 15) is 18.8 Å². The molecule has 1 aromatic carbocycles. The minimum absolute atomic E-state index is 0.194. The number of amides is 3. The summed E-state index contributed by atoms with van der Waals surface area (Å²) in [6.45, 7) is 0.543. The lowest BCUT2D eigenvalue weighted by Gasteiger charge is -2.09. The molecule has 0 bridgehead atoms. The van der Waals surface area contributed by atoms with Gasteiger partial charge >= 0.3 is 12.0 Å². The van der Waals surface area contributed by atoms with Crippen molar-refractivity contribution in [3.63, 3.8) is 0 Å². The van der Waals surface area contributed by atoms with Gasteiger partial charge < -0.3 is 15.4 Å². The smallest absolute Gasteiger partial charge is 0.321 e. The minimum atomic E-state index is -0.707. The van der Waals surface area contributed by atoms with Gasteiger partial charge in [-0.05, 0) is 17.7 Å². The van der Waals surface area contributed by atoms with Gasteiger partial charge in [0.25, 0.3) is 5.91 Å². The van der Waals surface area contributed by atoms with E-state index in [0.29, 0.717) is 35.8 Å². The number of halogens is 1. The van der Waals surface area contributed by atoms with Crippen LogP contribution < -0.4 is 16.0 Å². The number of carbonyl (C=O) groups is 3. The molecule has 1 aromatic heterocycles. The Kier molecular flexibility index (Phi) is 6.53. The Labute approximate surface area is 164 Å². The van der Waals surface area contributed by atoms with E-state index >= 15 is 0 Å². The number of hydrogen-bond acceptors (Lipinski definition) is 6. The quantitative estimate of drug-likeness (QED) is 0.609. The number of hydrogen-bond donors (Lipinski definition) is 3. The van der Waals surface area contributed by atoms with Crippen molar-refractivity contribution < 1.29 is 23.5 Å². The summed E-state index contributed by atoms with van der Waals surface area (Å²) in [5.41, 5.74) is 1.37. The molecule has 0 aliphatic carbocycles. The molecule has 28 heavy (non-hydrogen) atoms. The summed E-state index contributed by atoms with van der Waals surface area (Å²) in [7, 11) is 0. The molecule has 3 N–H and O–H groups in total. The van der Waals surface area contributed by atoms with E-state index in [4.69, 9.17) is 4.74 Å². The fraction of sp³-hybridized carbons (Fsp3) is 0.333. The predicted octanol–water partition coefficient (Wildman–Crippen LogP) is 1.97. The highest BCUT2D eigenvalue weighted by Gasteiger charge is 2.29. The zero-order valence-electron chi connectivity index (χ0n) is 14.9. The molecular weight excluding hydrogens is 387 g/mol. The van der Waals surface area contributed by atoms with E-state index in [1.165, 1.54) is 23.5 Å². The number of aromatic nitrogens is 1. The van der Waals surface area contributed by atoms with Crippen molar-refractivity contribution in [2.75, 3.05) is 11.9 Å². The van der Waals surface area contributed by atoms with Crippen LogP contribution in [0.15, 0.2) is 29.6 Å². The number of nitrogens with zero attached hydrogens (tertiary/aromatic N) is 1. The van der Waals surface area contributed by atoms with Crippen LogP contribution in [-0.2, 0) is 27.3 Å². The van der Waals surface area contributed by atoms with E-state index in [0.717, 1.165) is 0 Å². The van der Waals surface area contributed by atoms with Gasteiger partial charge in [0.2, 0.25) is 0 Å². The maximum Gasteiger partial charge on any atom is 0.321 e. The Hall–Kier alpha value is -3.01. The number of esters is 1. The Morgan fingerprint density at radius 3 is 2.93 bits per heavy atom. The van der Waals surface area contributed by atoms with Crippen LogP contribution in [0, 0.1) is 5.82 Å². The normalized spacial score (nSPS) is 15.8. The summed E-state index contributed by atoms with van der Waals surface area (Å²) in [4.78, 5) is 39.1. The van der Waals surface area contributed by atoms with Crippen LogP contribution >= 0.6 is 11.3 Å². The fourth-order valence-electron chi connectivity index (χ4n) is 2.59. The summed E-state index contributed by atoms with van der Waals surface area (Å²) in [6, 6.07) is 5.53. The number of carbonyl (C=O) groups excluding carboxylic acids is 3. The zero-order chi connectivity index (χ0) is 19.9. The number of benzene rings is 1. The highest BCUT2D eigenvalue weighted by Crippen LogP contribution is 2.16. The molecule has 1 aliphatic heterocycles. The number of cyclic esters (lactones) is 1. The van der Waals surface area contributed by atoms with Crippen molar-refractivity contribution >= 4 is 34.4 Å². The van der Waals surface area contributed by atoms with E-state index in [1.807, 2.05) is 0 Å². The number of rotatable bonds is 7. The van der Waals surface area contributed by atoms with Gasteiger partial charge in [-0.3, -0.25) is 14.9 Å². The number of urea groups is 1.